The van der Waals surface area contributed by atoms with Crippen molar-refractivity contribution in [2.24, 2.45) is 0 Å². The summed E-state index contributed by atoms with van der Waals surface area (Å²) < 4.78 is 22.7. The number of hydrogen-bond acceptors (Lipinski definition) is 12. The van der Waals surface area contributed by atoms with E-state index in [1.165, 1.54) is 0 Å². The summed E-state index contributed by atoms with van der Waals surface area (Å²) in [6.45, 7) is 19.4. The minimum Gasteiger partial charge on any atom is -0.490 e. The Morgan fingerprint density at radius 3 is 1.27 bits per heavy atom. The number of rotatable bonds is 26. The quantitative estimate of drug-likeness (QED) is 0.0390. The van der Waals surface area contributed by atoms with E-state index in [-0.39, 0.29) is 24.8 Å². The zero-order valence-corrected chi connectivity index (χ0v) is 34.5. The van der Waals surface area contributed by atoms with Crippen molar-refractivity contribution in [1.82, 2.24) is 10.6 Å². The van der Waals surface area contributed by atoms with Gasteiger partial charge in [-0.2, -0.15) is 0 Å². The number of carboxylic acids is 2. The van der Waals surface area contributed by atoms with Crippen LogP contribution in [-0.2, 0) is 32.3 Å². The number of carbonyl (C=O) groups excluding carboxylic acids is 2. The van der Waals surface area contributed by atoms with Crippen LogP contribution in [0.3, 0.4) is 0 Å². The first kappa shape index (κ1) is 51.8. The summed E-state index contributed by atoms with van der Waals surface area (Å²) in [6.07, 6.45) is 2.74. The van der Waals surface area contributed by atoms with E-state index in [0.29, 0.717) is 99.2 Å². The summed E-state index contributed by atoms with van der Waals surface area (Å²) in [5.41, 5.74) is 3.02. The molecule has 0 aromatic heterocycles. The second-order valence-electron chi connectivity index (χ2n) is 13.4. The van der Waals surface area contributed by atoms with E-state index in [9.17, 15) is 29.4 Å². The fraction of sp³-hybridized carbons (Fsp3) is 0.571. The third-order valence-electron chi connectivity index (χ3n) is 7.37. The molecule has 0 fully saturated rings. The monoisotopic (exact) mass is 790 g/mol. The molecule has 0 aliphatic heterocycles. The molecule has 6 N–H and O–H groups in total. The molecule has 0 aliphatic rings. The Bertz CT molecular complexity index is 1350. The van der Waals surface area contributed by atoms with Crippen LogP contribution >= 0.6 is 0 Å². The van der Waals surface area contributed by atoms with Crippen LogP contribution < -0.4 is 20.1 Å². The summed E-state index contributed by atoms with van der Waals surface area (Å²) in [5, 5.41) is 41.9. The molecular weight excluding hydrogens is 724 g/mol. The zero-order chi connectivity index (χ0) is 42.5. The number of carboxylic acid groups (broad SMARTS) is 2. The van der Waals surface area contributed by atoms with Gasteiger partial charge < -0.3 is 50.0 Å². The number of ketones is 2. The molecule has 2 aromatic carbocycles. The third-order valence-corrected chi connectivity index (χ3v) is 7.37. The number of benzene rings is 2. The van der Waals surface area contributed by atoms with Gasteiger partial charge in [-0.05, 0) is 49.2 Å². The molecule has 2 unspecified atom stereocenters. The summed E-state index contributed by atoms with van der Waals surface area (Å²) >= 11 is 0. The van der Waals surface area contributed by atoms with Crippen molar-refractivity contribution in [2.45, 2.75) is 119 Å². The highest BCUT2D eigenvalue weighted by molar-refractivity contribution is 5.96. The van der Waals surface area contributed by atoms with Gasteiger partial charge in [-0.3, -0.25) is 9.59 Å². The fourth-order valence-electron chi connectivity index (χ4n) is 4.45. The smallest absolute Gasteiger partial charge is 0.328 e. The predicted molar refractivity (Wildman–Crippen MR) is 216 cm³/mol. The largest absolute Gasteiger partial charge is 0.490 e. The Morgan fingerprint density at radius 2 is 0.982 bits per heavy atom. The molecule has 0 heterocycles. The lowest BCUT2D eigenvalue weighted by Gasteiger charge is -2.17. The molecule has 0 aliphatic carbocycles. The van der Waals surface area contributed by atoms with Gasteiger partial charge in [0.1, 0.15) is 36.9 Å². The van der Waals surface area contributed by atoms with Gasteiger partial charge in [-0.1, -0.05) is 55.4 Å². The highest BCUT2D eigenvalue weighted by Crippen LogP contribution is 2.24. The van der Waals surface area contributed by atoms with Crippen LogP contribution in [0.5, 0.6) is 11.5 Å². The number of hydrogen-bond donors (Lipinski definition) is 6. The number of ether oxygens (including phenoxy) is 4. The first-order valence-electron chi connectivity index (χ1n) is 19.3. The molecule has 0 amide bonds. The van der Waals surface area contributed by atoms with Crippen molar-refractivity contribution in [2.75, 3.05) is 39.5 Å². The molecular formula is C42H66N2O12. The molecule has 2 atom stereocenters. The van der Waals surface area contributed by atoms with Crippen molar-refractivity contribution in [3.8, 4) is 11.5 Å². The van der Waals surface area contributed by atoms with Gasteiger partial charge in [0.15, 0.2) is 11.6 Å². The van der Waals surface area contributed by atoms with Gasteiger partial charge in [-0.15, -0.1) is 0 Å². The molecule has 0 saturated carbocycles. The maximum Gasteiger partial charge on any atom is 0.328 e. The number of Topliss-reactive ketones (excluding diaryl/α,β-unsaturated/α-hetero) is 2. The third kappa shape index (κ3) is 25.1. The first-order chi connectivity index (χ1) is 26.6. The van der Waals surface area contributed by atoms with E-state index in [2.05, 4.69) is 10.6 Å². The van der Waals surface area contributed by atoms with Crippen LogP contribution in [-0.4, -0.2) is 108 Å². The predicted octanol–water partition coefficient (Wildman–Crippen LogP) is 5.60. The van der Waals surface area contributed by atoms with E-state index in [0.717, 1.165) is 24.0 Å². The van der Waals surface area contributed by atoms with Crippen LogP contribution in [0, 0.1) is 0 Å². The average Bonchev–Trinajstić information content (AvgIpc) is 3.17. The van der Waals surface area contributed by atoms with Crippen molar-refractivity contribution < 1.29 is 58.6 Å². The highest BCUT2D eigenvalue weighted by atomic mass is 16.5. The van der Waals surface area contributed by atoms with Gasteiger partial charge in [0.2, 0.25) is 0 Å². The number of carbonyl (C=O) groups is 4. The Balaban J connectivity index is 0.000000905. The average molecular weight is 791 g/mol. The van der Waals surface area contributed by atoms with E-state index in [1.54, 1.807) is 24.3 Å². The minimum atomic E-state index is -1.26. The normalized spacial score (nSPS) is 12.0. The highest BCUT2D eigenvalue weighted by Gasteiger charge is 2.14. The fourth-order valence-corrected chi connectivity index (χ4v) is 4.45. The standard InChI is InChI=1S/2C19H31NO4.C4H4O4/c2*1-5-9-23-12-16-10-15(18(22)6-2)7-8-19(16)24-13-17(21)11-20-14(3)4;5-3(6)1-2-4(7)8/h2*7-8,10,14,17,20-21H,5-6,9,11-13H2,1-4H3;1-2H,(H,5,6)(H,7,8)/b;;2-1+. The van der Waals surface area contributed by atoms with E-state index in [4.69, 9.17) is 29.2 Å². The van der Waals surface area contributed by atoms with Gasteiger partial charge in [-0.25, -0.2) is 9.59 Å². The molecule has 2 rings (SSSR count). The second-order valence-corrected chi connectivity index (χ2v) is 13.4. The summed E-state index contributed by atoms with van der Waals surface area (Å²) in [6, 6.07) is 11.4. The van der Waals surface area contributed by atoms with Gasteiger partial charge in [0.05, 0.1) is 13.2 Å². The summed E-state index contributed by atoms with van der Waals surface area (Å²) in [7, 11) is 0. The molecule has 14 nitrogen and oxygen atoms in total. The topological polar surface area (TPSA) is 210 Å². The van der Waals surface area contributed by atoms with Crippen LogP contribution in [0.25, 0.3) is 0 Å². The lowest BCUT2D eigenvalue weighted by molar-refractivity contribution is -0.134. The number of nitrogens with one attached hydrogen (secondary N) is 2. The van der Waals surface area contributed by atoms with Crippen molar-refractivity contribution in [3.05, 3.63) is 70.8 Å². The van der Waals surface area contributed by atoms with Gasteiger partial charge in [0, 0.05) is 85.6 Å². The molecule has 0 radical (unpaired) electrons. The number of aliphatic hydroxyl groups is 2. The summed E-state index contributed by atoms with van der Waals surface area (Å²) in [5.74, 6) is -1.01. The minimum absolute atomic E-state index is 0.0967. The number of aliphatic hydroxyl groups excluding tert-OH is 2. The SMILES string of the molecule is CCCOCc1cc(C(=O)CC)ccc1OCC(O)CNC(C)C.CCCOCc1cc(C(=O)CC)ccc1OCC(O)CNC(C)C.O=C(O)/C=C/C(=O)O. The Hall–Kier alpha value is -4.18. The Kier molecular flexibility index (Phi) is 28.7. The molecule has 0 saturated heterocycles. The zero-order valence-electron chi connectivity index (χ0n) is 34.5. The summed E-state index contributed by atoms with van der Waals surface area (Å²) in [4.78, 5) is 42.9. The van der Waals surface area contributed by atoms with Gasteiger partial charge >= 0.3 is 11.9 Å². The van der Waals surface area contributed by atoms with E-state index < -0.39 is 24.1 Å². The van der Waals surface area contributed by atoms with Crippen LogP contribution in [0.2, 0.25) is 0 Å². The first-order valence-corrected chi connectivity index (χ1v) is 19.3. The van der Waals surface area contributed by atoms with Crippen molar-refractivity contribution >= 4 is 23.5 Å². The molecule has 56 heavy (non-hydrogen) atoms. The lowest BCUT2D eigenvalue weighted by Crippen LogP contribution is -2.35. The molecule has 316 valence electrons. The second kappa shape index (κ2) is 31.0. The van der Waals surface area contributed by atoms with E-state index >= 15 is 0 Å². The number of aliphatic carboxylic acids is 2. The Labute approximate surface area is 332 Å². The Morgan fingerprint density at radius 1 is 0.625 bits per heavy atom. The lowest BCUT2D eigenvalue weighted by atomic mass is 10.1. The molecule has 2 aromatic rings. The van der Waals surface area contributed by atoms with Crippen molar-refractivity contribution in [3.63, 3.8) is 0 Å². The maximum absolute atomic E-state index is 11.9. The van der Waals surface area contributed by atoms with E-state index in [1.807, 2.05) is 67.5 Å². The molecule has 0 bridgehead atoms. The molecule has 14 heteroatoms. The van der Waals surface area contributed by atoms with Crippen LogP contribution in [0.4, 0.5) is 0 Å². The van der Waals surface area contributed by atoms with Crippen LogP contribution in [0.15, 0.2) is 48.6 Å². The van der Waals surface area contributed by atoms with Crippen LogP contribution in [0.1, 0.15) is 113 Å². The van der Waals surface area contributed by atoms with Crippen molar-refractivity contribution in [1.29, 1.82) is 0 Å². The maximum atomic E-state index is 11.9. The van der Waals surface area contributed by atoms with Gasteiger partial charge in [0.25, 0.3) is 0 Å². The molecule has 0 spiro atoms.